The number of fused-ring (bicyclic) bond motifs is 1. The molecule has 1 aromatic heterocycles. The normalized spacial score (nSPS) is 17.2. The van der Waals surface area contributed by atoms with Crippen LogP contribution in [0.5, 0.6) is 5.75 Å². The zero-order valence-corrected chi connectivity index (χ0v) is 19.7. The van der Waals surface area contributed by atoms with Gasteiger partial charge in [-0.25, -0.2) is 0 Å². The molecule has 0 saturated heterocycles. The van der Waals surface area contributed by atoms with Crippen LogP contribution in [0.4, 0.5) is 0 Å². The largest absolute Gasteiger partial charge is 0.486 e. The van der Waals surface area contributed by atoms with Crippen molar-refractivity contribution >= 4 is 11.8 Å². The second-order valence-electron chi connectivity index (χ2n) is 9.15. The minimum Gasteiger partial charge on any atom is -0.486 e. The maximum Gasteiger partial charge on any atom is 0.286 e. The molecule has 1 unspecified atom stereocenters. The number of hydrogen-bond acceptors (Lipinski definition) is 4. The molecule has 34 heavy (non-hydrogen) atoms. The van der Waals surface area contributed by atoms with Crippen LogP contribution in [0.2, 0.25) is 0 Å². The highest BCUT2D eigenvalue weighted by Crippen LogP contribution is 2.41. The van der Waals surface area contributed by atoms with Crippen molar-refractivity contribution in [2.24, 2.45) is 5.92 Å². The van der Waals surface area contributed by atoms with Crippen LogP contribution in [0.25, 0.3) is 0 Å². The predicted molar refractivity (Wildman–Crippen MR) is 129 cm³/mol. The van der Waals surface area contributed by atoms with E-state index in [1.54, 1.807) is 12.1 Å². The molecule has 0 radical (unpaired) electrons. The number of ether oxygens (including phenoxy) is 1. The average molecular weight is 459 g/mol. The second kappa shape index (κ2) is 9.37. The van der Waals surface area contributed by atoms with Crippen molar-refractivity contribution in [2.75, 3.05) is 13.1 Å². The van der Waals surface area contributed by atoms with Gasteiger partial charge in [-0.1, -0.05) is 35.9 Å². The Morgan fingerprint density at radius 1 is 1.12 bits per heavy atom. The monoisotopic (exact) mass is 458 g/mol. The van der Waals surface area contributed by atoms with E-state index >= 15 is 0 Å². The van der Waals surface area contributed by atoms with Gasteiger partial charge in [0, 0.05) is 19.0 Å². The Balaban J connectivity index is 1.41. The lowest BCUT2D eigenvalue weighted by Gasteiger charge is -2.38. The molecule has 1 fully saturated rings. The fourth-order valence-electron chi connectivity index (χ4n) is 4.66. The highest BCUT2D eigenvalue weighted by molar-refractivity contribution is 5.91. The molecule has 1 aliphatic heterocycles. The molecule has 1 atom stereocenters. The molecule has 0 bridgehead atoms. The zero-order chi connectivity index (χ0) is 23.7. The number of amides is 2. The van der Waals surface area contributed by atoms with Gasteiger partial charge < -0.3 is 19.4 Å². The number of nitrogens with one attached hydrogen (secondary N) is 1. The van der Waals surface area contributed by atoms with Crippen LogP contribution in [0.3, 0.4) is 0 Å². The fourth-order valence-corrected chi connectivity index (χ4v) is 4.66. The van der Waals surface area contributed by atoms with Crippen LogP contribution < -0.4 is 10.1 Å². The molecule has 176 valence electrons. The van der Waals surface area contributed by atoms with Gasteiger partial charge in [0.25, 0.3) is 5.91 Å². The van der Waals surface area contributed by atoms with Crippen molar-refractivity contribution in [3.8, 4) is 5.75 Å². The van der Waals surface area contributed by atoms with Gasteiger partial charge in [0.15, 0.2) is 5.76 Å². The highest BCUT2D eigenvalue weighted by atomic mass is 16.5. The summed E-state index contributed by atoms with van der Waals surface area (Å²) in [6, 6.07) is 17.9. The van der Waals surface area contributed by atoms with Crippen molar-refractivity contribution in [1.29, 1.82) is 0 Å². The molecule has 1 N–H and O–H groups in total. The first kappa shape index (κ1) is 22.3. The van der Waals surface area contributed by atoms with Crippen molar-refractivity contribution in [2.45, 2.75) is 45.8 Å². The SMILES string of the molecule is CCNC(=O)c1ccc(COc2ccc3c(c2)C(c2cccc(C)c2)N(C(=O)C2CC2)CC3)o1. The Bertz CT molecular complexity index is 1210. The molecule has 1 aliphatic carbocycles. The van der Waals surface area contributed by atoms with Gasteiger partial charge >= 0.3 is 0 Å². The molecule has 2 aliphatic rings. The van der Waals surface area contributed by atoms with Crippen LogP contribution in [0.1, 0.15) is 64.4 Å². The number of hydrogen-bond donors (Lipinski definition) is 1. The van der Waals surface area contributed by atoms with Gasteiger partial charge in [0.2, 0.25) is 5.91 Å². The number of carbonyl (C=O) groups is 2. The van der Waals surface area contributed by atoms with Gasteiger partial charge in [0.1, 0.15) is 18.1 Å². The van der Waals surface area contributed by atoms with Gasteiger partial charge in [0.05, 0.1) is 6.04 Å². The Kier molecular flexibility index (Phi) is 6.14. The minimum absolute atomic E-state index is 0.117. The standard InChI is InChI=1S/C28H30N2O4/c1-3-29-27(31)25-12-11-23(34-25)17-33-22-10-9-19-13-14-30(28(32)20-7-8-20)26(24(19)16-22)21-6-4-5-18(2)15-21/h4-6,9-12,15-16,20,26H,3,7-8,13-14,17H2,1-2H3,(H,29,31). The second-order valence-corrected chi connectivity index (χ2v) is 9.15. The number of furan rings is 1. The highest BCUT2D eigenvalue weighted by Gasteiger charge is 2.39. The van der Waals surface area contributed by atoms with Crippen molar-refractivity contribution in [3.05, 3.63) is 88.4 Å². The lowest BCUT2D eigenvalue weighted by Crippen LogP contribution is -2.41. The van der Waals surface area contributed by atoms with E-state index in [1.807, 2.05) is 13.0 Å². The average Bonchev–Trinajstić information content (AvgIpc) is 3.58. The number of benzene rings is 2. The van der Waals surface area contributed by atoms with E-state index in [-0.39, 0.29) is 36.1 Å². The van der Waals surface area contributed by atoms with E-state index in [2.05, 4.69) is 53.5 Å². The van der Waals surface area contributed by atoms with Gasteiger partial charge in [-0.05, 0) is 74.1 Å². The van der Waals surface area contributed by atoms with Crippen LogP contribution in [0, 0.1) is 12.8 Å². The number of aryl methyl sites for hydroxylation is 1. The molecule has 2 amide bonds. The summed E-state index contributed by atoms with van der Waals surface area (Å²) >= 11 is 0. The predicted octanol–water partition coefficient (Wildman–Crippen LogP) is 4.80. The third kappa shape index (κ3) is 4.58. The summed E-state index contributed by atoms with van der Waals surface area (Å²) in [5.41, 5.74) is 4.67. The summed E-state index contributed by atoms with van der Waals surface area (Å²) in [4.78, 5) is 27.2. The molecule has 6 nitrogen and oxygen atoms in total. The van der Waals surface area contributed by atoms with Crippen molar-refractivity contribution < 1.29 is 18.7 Å². The van der Waals surface area contributed by atoms with Crippen molar-refractivity contribution in [1.82, 2.24) is 10.2 Å². The molecular formula is C28H30N2O4. The number of nitrogens with zero attached hydrogens (tertiary/aromatic N) is 1. The molecule has 2 aromatic carbocycles. The van der Waals surface area contributed by atoms with E-state index in [4.69, 9.17) is 9.15 Å². The Labute approximate surface area is 199 Å². The molecule has 1 saturated carbocycles. The van der Waals surface area contributed by atoms with Crippen molar-refractivity contribution in [3.63, 3.8) is 0 Å². The third-order valence-electron chi connectivity index (χ3n) is 6.52. The summed E-state index contributed by atoms with van der Waals surface area (Å²) in [6.07, 6.45) is 2.82. The lowest BCUT2D eigenvalue weighted by atomic mass is 9.87. The summed E-state index contributed by atoms with van der Waals surface area (Å²) < 4.78 is 11.7. The maximum atomic E-state index is 13.2. The van der Waals surface area contributed by atoms with E-state index < -0.39 is 0 Å². The van der Waals surface area contributed by atoms with Gasteiger partial charge in [-0.2, -0.15) is 0 Å². The van der Waals surface area contributed by atoms with E-state index in [0.29, 0.717) is 18.1 Å². The molecule has 6 heteroatoms. The Hall–Kier alpha value is -3.54. The van der Waals surface area contributed by atoms with Crippen LogP contribution in [-0.4, -0.2) is 29.8 Å². The zero-order valence-electron chi connectivity index (χ0n) is 19.7. The fraction of sp³-hybridized carbons (Fsp3) is 0.357. The molecule has 2 heterocycles. The summed E-state index contributed by atoms with van der Waals surface area (Å²) in [7, 11) is 0. The first-order chi connectivity index (χ1) is 16.5. The summed E-state index contributed by atoms with van der Waals surface area (Å²) in [5.74, 6) is 1.78. The summed E-state index contributed by atoms with van der Waals surface area (Å²) in [6.45, 7) is 5.44. The maximum absolute atomic E-state index is 13.2. The quantitative estimate of drug-likeness (QED) is 0.552. The van der Waals surface area contributed by atoms with E-state index in [1.165, 1.54) is 11.1 Å². The Morgan fingerprint density at radius 2 is 1.97 bits per heavy atom. The van der Waals surface area contributed by atoms with E-state index in [0.717, 1.165) is 36.9 Å². The van der Waals surface area contributed by atoms with Crippen LogP contribution in [-0.2, 0) is 17.8 Å². The number of carbonyl (C=O) groups excluding carboxylic acids is 2. The van der Waals surface area contributed by atoms with E-state index in [9.17, 15) is 9.59 Å². The first-order valence-corrected chi connectivity index (χ1v) is 12.0. The van der Waals surface area contributed by atoms with Crippen LogP contribution >= 0.6 is 0 Å². The summed E-state index contributed by atoms with van der Waals surface area (Å²) in [5, 5.41) is 2.73. The van der Waals surface area contributed by atoms with Gasteiger partial charge in [-0.15, -0.1) is 0 Å². The third-order valence-corrected chi connectivity index (χ3v) is 6.52. The molecule has 0 spiro atoms. The molecule has 3 aromatic rings. The first-order valence-electron chi connectivity index (χ1n) is 12.0. The molecular weight excluding hydrogens is 428 g/mol. The lowest BCUT2D eigenvalue weighted by molar-refractivity contribution is -0.134. The van der Waals surface area contributed by atoms with Crippen LogP contribution in [0.15, 0.2) is 59.0 Å². The number of rotatable bonds is 7. The van der Waals surface area contributed by atoms with Gasteiger partial charge in [-0.3, -0.25) is 9.59 Å². The molecule has 5 rings (SSSR count). The Morgan fingerprint density at radius 3 is 2.74 bits per heavy atom. The minimum atomic E-state index is -0.232. The smallest absolute Gasteiger partial charge is 0.286 e. The topological polar surface area (TPSA) is 71.8 Å².